The molecule has 1 atom stereocenters. The SMILES string of the molecule is COC(=O)NCCO.COCCCCCC(N)CNC=O.Cc1ccc(Cl)cc1CCCCCN(C)C. The van der Waals surface area contributed by atoms with Crippen molar-refractivity contribution in [3.8, 4) is 0 Å². The fourth-order valence-corrected chi connectivity index (χ4v) is 3.39. The first kappa shape index (κ1) is 37.2. The van der Waals surface area contributed by atoms with Gasteiger partial charge in [-0.25, -0.2) is 4.79 Å². The average Bonchev–Trinajstić information content (AvgIpc) is 2.88. The molecule has 1 aromatic carbocycles. The summed E-state index contributed by atoms with van der Waals surface area (Å²) in [6.45, 7) is 4.93. The first-order chi connectivity index (χ1) is 17.7. The lowest BCUT2D eigenvalue weighted by atomic mass is 10.0. The number of nitrogens with zero attached hydrogens (tertiary/aromatic N) is 1. The number of aliphatic hydroxyl groups excluding tert-OH is 1. The van der Waals surface area contributed by atoms with Crippen molar-refractivity contribution in [3.63, 3.8) is 0 Å². The number of nitrogens with one attached hydrogen (secondary N) is 2. The van der Waals surface area contributed by atoms with Gasteiger partial charge in [-0.3, -0.25) is 4.79 Å². The van der Waals surface area contributed by atoms with Gasteiger partial charge in [-0.2, -0.15) is 0 Å². The van der Waals surface area contributed by atoms with E-state index in [1.54, 1.807) is 7.11 Å². The zero-order valence-corrected chi connectivity index (χ0v) is 24.3. The maximum absolute atomic E-state index is 10.1. The Labute approximate surface area is 229 Å². The topological polar surface area (TPSA) is 126 Å². The molecular formula is C27H51ClN4O5. The van der Waals surface area contributed by atoms with Gasteiger partial charge < -0.3 is 35.8 Å². The van der Waals surface area contributed by atoms with Gasteiger partial charge in [-0.15, -0.1) is 0 Å². The minimum absolute atomic E-state index is 0.0604. The Morgan fingerprint density at radius 3 is 2.46 bits per heavy atom. The first-order valence-corrected chi connectivity index (χ1v) is 13.3. The summed E-state index contributed by atoms with van der Waals surface area (Å²) in [6, 6.07) is 6.26. The summed E-state index contributed by atoms with van der Waals surface area (Å²) in [4.78, 5) is 22.3. The molecule has 0 aliphatic carbocycles. The Bertz CT molecular complexity index is 680. The monoisotopic (exact) mass is 546 g/mol. The highest BCUT2D eigenvalue weighted by atomic mass is 35.5. The molecule has 0 saturated carbocycles. The van der Waals surface area contributed by atoms with E-state index in [4.69, 9.17) is 27.2 Å². The number of nitrogens with two attached hydrogens (primary N) is 1. The summed E-state index contributed by atoms with van der Waals surface area (Å²) in [5.41, 5.74) is 8.48. The quantitative estimate of drug-likeness (QED) is 0.174. The molecule has 0 aliphatic heterocycles. The highest BCUT2D eigenvalue weighted by molar-refractivity contribution is 6.30. The largest absolute Gasteiger partial charge is 0.453 e. The fraction of sp³-hybridized carbons (Fsp3) is 0.704. The van der Waals surface area contributed by atoms with Crippen molar-refractivity contribution in [2.75, 3.05) is 61.2 Å². The van der Waals surface area contributed by atoms with Crippen LogP contribution in [0.15, 0.2) is 18.2 Å². The van der Waals surface area contributed by atoms with Crippen molar-refractivity contribution in [1.29, 1.82) is 0 Å². The predicted molar refractivity (Wildman–Crippen MR) is 152 cm³/mol. The first-order valence-electron chi connectivity index (χ1n) is 13.0. The summed E-state index contributed by atoms with van der Waals surface area (Å²) in [6.07, 6.45) is 9.46. The van der Waals surface area contributed by atoms with Crippen LogP contribution >= 0.6 is 11.6 Å². The van der Waals surface area contributed by atoms with Crippen LogP contribution in [0, 0.1) is 6.92 Å². The number of methoxy groups -OCH3 is 2. The van der Waals surface area contributed by atoms with Crippen molar-refractivity contribution in [2.24, 2.45) is 5.73 Å². The lowest BCUT2D eigenvalue weighted by Crippen LogP contribution is -2.32. The number of amides is 2. The lowest BCUT2D eigenvalue weighted by Gasteiger charge is -2.09. The van der Waals surface area contributed by atoms with Crippen LogP contribution in [0.1, 0.15) is 56.1 Å². The van der Waals surface area contributed by atoms with Gasteiger partial charge in [0.15, 0.2) is 0 Å². The maximum atomic E-state index is 10.1. The lowest BCUT2D eigenvalue weighted by molar-refractivity contribution is -0.109. The highest BCUT2D eigenvalue weighted by Crippen LogP contribution is 2.17. The van der Waals surface area contributed by atoms with E-state index in [-0.39, 0.29) is 19.2 Å². The number of benzene rings is 1. The minimum Gasteiger partial charge on any atom is -0.453 e. The zero-order valence-electron chi connectivity index (χ0n) is 23.6. The summed E-state index contributed by atoms with van der Waals surface area (Å²) >= 11 is 5.99. The van der Waals surface area contributed by atoms with Gasteiger partial charge in [0, 0.05) is 37.9 Å². The van der Waals surface area contributed by atoms with Gasteiger partial charge in [-0.1, -0.05) is 36.9 Å². The Kier molecular flexibility index (Phi) is 27.3. The Hall–Kier alpha value is -1.91. The van der Waals surface area contributed by atoms with Gasteiger partial charge >= 0.3 is 6.09 Å². The number of carbonyl (C=O) groups is 2. The molecule has 0 radical (unpaired) electrons. The molecule has 0 bridgehead atoms. The van der Waals surface area contributed by atoms with E-state index in [2.05, 4.69) is 53.4 Å². The van der Waals surface area contributed by atoms with Crippen LogP contribution in [0.25, 0.3) is 0 Å². The van der Waals surface area contributed by atoms with Gasteiger partial charge in [-0.05, 0) is 82.9 Å². The second-order valence-electron chi connectivity index (χ2n) is 8.96. The number of hydrogen-bond acceptors (Lipinski definition) is 7. The predicted octanol–water partition coefficient (Wildman–Crippen LogP) is 3.52. The second-order valence-corrected chi connectivity index (χ2v) is 9.39. The molecule has 9 nitrogen and oxygen atoms in total. The molecule has 1 rings (SSSR count). The van der Waals surface area contributed by atoms with Crippen LogP contribution in [0.5, 0.6) is 0 Å². The number of rotatable bonds is 17. The number of aliphatic hydroxyl groups is 1. The van der Waals surface area contributed by atoms with Crippen LogP contribution in [0.4, 0.5) is 4.79 Å². The molecule has 1 aromatic rings. The summed E-state index contributed by atoms with van der Waals surface area (Å²) in [5, 5.41) is 13.8. The molecule has 0 heterocycles. The molecule has 0 fully saturated rings. The van der Waals surface area contributed by atoms with Crippen molar-refractivity contribution >= 4 is 24.1 Å². The highest BCUT2D eigenvalue weighted by Gasteiger charge is 2.01. The van der Waals surface area contributed by atoms with Gasteiger partial charge in [0.25, 0.3) is 0 Å². The van der Waals surface area contributed by atoms with Gasteiger partial charge in [0.1, 0.15) is 0 Å². The molecule has 2 amide bonds. The number of hydrogen-bond donors (Lipinski definition) is 4. The summed E-state index contributed by atoms with van der Waals surface area (Å²) in [5.74, 6) is 0. The second kappa shape index (κ2) is 27.1. The zero-order chi connectivity index (χ0) is 28.3. The van der Waals surface area contributed by atoms with E-state index in [1.165, 1.54) is 44.0 Å². The molecule has 37 heavy (non-hydrogen) atoms. The standard InChI is InChI=1S/C14H22ClN.C9H20N2O2.C4H9NO3/c1-12-8-9-14(15)11-13(12)7-5-4-6-10-16(2)3;1-13-6-4-2-3-5-9(10)7-11-8-12;1-8-4(7)5-2-3-6/h8-9,11H,4-7,10H2,1-3H3;8-9H,2-7,10H2,1H3,(H,11,12);6H,2-3H2,1H3,(H,5,7). The summed E-state index contributed by atoms with van der Waals surface area (Å²) < 4.78 is 9.11. The average molecular weight is 547 g/mol. The fourth-order valence-electron chi connectivity index (χ4n) is 3.19. The van der Waals surface area contributed by atoms with Crippen molar-refractivity contribution in [1.82, 2.24) is 15.5 Å². The molecule has 0 aliphatic rings. The van der Waals surface area contributed by atoms with Crippen molar-refractivity contribution < 1.29 is 24.2 Å². The van der Waals surface area contributed by atoms with E-state index < -0.39 is 6.09 Å². The molecule has 10 heteroatoms. The van der Waals surface area contributed by atoms with Crippen molar-refractivity contribution in [3.05, 3.63) is 34.3 Å². The minimum atomic E-state index is -0.515. The van der Waals surface area contributed by atoms with Crippen molar-refractivity contribution in [2.45, 2.75) is 64.3 Å². The Morgan fingerprint density at radius 1 is 1.16 bits per heavy atom. The van der Waals surface area contributed by atoms with Crippen LogP contribution in [0.3, 0.4) is 0 Å². The molecule has 0 saturated heterocycles. The molecule has 216 valence electrons. The number of unbranched alkanes of at least 4 members (excludes halogenated alkanes) is 4. The van der Waals surface area contributed by atoms with E-state index >= 15 is 0 Å². The van der Waals surface area contributed by atoms with Crippen LogP contribution in [0.2, 0.25) is 5.02 Å². The molecule has 0 aromatic heterocycles. The number of halogens is 1. The molecule has 5 N–H and O–H groups in total. The van der Waals surface area contributed by atoms with E-state index in [0.717, 1.165) is 43.7 Å². The van der Waals surface area contributed by atoms with E-state index in [9.17, 15) is 9.59 Å². The third-order valence-electron chi connectivity index (χ3n) is 5.32. The molecular weight excluding hydrogens is 496 g/mol. The molecule has 0 spiro atoms. The third-order valence-corrected chi connectivity index (χ3v) is 5.55. The van der Waals surface area contributed by atoms with E-state index in [1.807, 2.05) is 6.07 Å². The summed E-state index contributed by atoms with van der Waals surface area (Å²) in [7, 11) is 7.23. The van der Waals surface area contributed by atoms with Crippen LogP contribution in [-0.2, 0) is 20.7 Å². The Balaban J connectivity index is 0. The van der Waals surface area contributed by atoms with Gasteiger partial charge in [0.2, 0.25) is 6.41 Å². The maximum Gasteiger partial charge on any atom is 0.406 e. The number of alkyl carbamates (subject to hydrolysis) is 1. The Morgan fingerprint density at radius 2 is 1.86 bits per heavy atom. The molecule has 1 unspecified atom stereocenters. The van der Waals surface area contributed by atoms with E-state index in [0.29, 0.717) is 13.0 Å². The van der Waals surface area contributed by atoms with Crippen LogP contribution < -0.4 is 16.4 Å². The third kappa shape index (κ3) is 27.0. The number of carbonyl (C=O) groups excluding carboxylic acids is 2. The number of ether oxygens (including phenoxy) is 2. The number of aryl methyl sites for hydroxylation is 2. The smallest absolute Gasteiger partial charge is 0.406 e. The van der Waals surface area contributed by atoms with Crippen LogP contribution in [-0.4, -0.2) is 89.7 Å². The normalized spacial score (nSPS) is 10.9. The van der Waals surface area contributed by atoms with Gasteiger partial charge in [0.05, 0.1) is 13.7 Å².